The lowest BCUT2D eigenvalue weighted by Gasteiger charge is -2.22. The average molecular weight is 275 g/mol. The molecule has 3 nitrogen and oxygen atoms in total. The Bertz CT molecular complexity index is 395. The lowest BCUT2D eigenvalue weighted by molar-refractivity contribution is 0.284. The summed E-state index contributed by atoms with van der Waals surface area (Å²) in [6.45, 7) is 14.5. The van der Waals surface area contributed by atoms with E-state index in [1.807, 2.05) is 0 Å². The fourth-order valence-corrected chi connectivity index (χ4v) is 3.11. The molecule has 1 aliphatic rings. The van der Waals surface area contributed by atoms with Gasteiger partial charge in [0.05, 0.1) is 0 Å². The van der Waals surface area contributed by atoms with E-state index in [1.165, 1.54) is 22.3 Å². The maximum Gasteiger partial charge on any atom is 0.0108 e. The van der Waals surface area contributed by atoms with E-state index in [9.17, 15) is 0 Å². The van der Waals surface area contributed by atoms with Crippen LogP contribution in [0.5, 0.6) is 0 Å². The molecule has 0 radical (unpaired) electrons. The van der Waals surface area contributed by atoms with Gasteiger partial charge in [-0.25, -0.2) is 0 Å². The molecule has 2 rings (SSSR count). The fourth-order valence-electron chi connectivity index (χ4n) is 3.11. The van der Waals surface area contributed by atoms with Crippen LogP contribution < -0.4 is 10.6 Å². The molecule has 0 unspecified atom stereocenters. The average Bonchev–Trinajstić information content (AvgIpc) is 2.51. The summed E-state index contributed by atoms with van der Waals surface area (Å²) in [6, 6.07) is 4.62. The van der Waals surface area contributed by atoms with Gasteiger partial charge in [-0.05, 0) is 43.9 Å². The first-order chi connectivity index (χ1) is 9.66. The predicted octanol–water partition coefficient (Wildman–Crippen LogP) is 1.65. The third-order valence-corrected chi connectivity index (χ3v) is 4.21. The Labute approximate surface area is 123 Å². The van der Waals surface area contributed by atoms with Crippen molar-refractivity contribution in [2.24, 2.45) is 0 Å². The van der Waals surface area contributed by atoms with Crippen molar-refractivity contribution in [3.8, 4) is 0 Å². The lowest BCUT2D eigenvalue weighted by atomic mass is 9.97. The number of aryl methyl sites for hydroxylation is 3. The second kappa shape index (κ2) is 7.77. The summed E-state index contributed by atoms with van der Waals surface area (Å²) in [5.41, 5.74) is 5.81. The molecule has 0 atom stereocenters. The van der Waals surface area contributed by atoms with Crippen molar-refractivity contribution in [1.82, 2.24) is 15.5 Å². The minimum Gasteiger partial charge on any atom is -0.314 e. The Balaban J connectivity index is 1.93. The maximum absolute atomic E-state index is 3.48. The summed E-state index contributed by atoms with van der Waals surface area (Å²) in [6.07, 6.45) is 1.16. The molecule has 3 heteroatoms. The summed E-state index contributed by atoms with van der Waals surface area (Å²) in [4.78, 5) is 2.57. The van der Waals surface area contributed by atoms with Crippen molar-refractivity contribution in [3.63, 3.8) is 0 Å². The minimum atomic E-state index is 1.09. The zero-order valence-corrected chi connectivity index (χ0v) is 13.3. The van der Waals surface area contributed by atoms with Gasteiger partial charge in [-0.3, -0.25) is 0 Å². The van der Waals surface area contributed by atoms with Crippen molar-refractivity contribution in [2.45, 2.75) is 27.2 Å². The highest BCUT2D eigenvalue weighted by Gasteiger charge is 2.09. The van der Waals surface area contributed by atoms with Crippen LogP contribution in [0.3, 0.4) is 0 Å². The highest BCUT2D eigenvalue weighted by atomic mass is 15.2. The molecule has 1 aliphatic heterocycles. The normalized spacial score (nSPS) is 18.4. The Hall–Kier alpha value is -0.900. The van der Waals surface area contributed by atoms with Crippen LogP contribution in [0.25, 0.3) is 0 Å². The van der Waals surface area contributed by atoms with Gasteiger partial charge in [0.1, 0.15) is 0 Å². The molecule has 0 bridgehead atoms. The second-order valence-corrected chi connectivity index (χ2v) is 5.97. The monoisotopic (exact) mass is 275 g/mol. The van der Waals surface area contributed by atoms with Gasteiger partial charge in [-0.15, -0.1) is 0 Å². The first kappa shape index (κ1) is 15.5. The van der Waals surface area contributed by atoms with E-state index in [0.717, 1.165) is 52.2 Å². The molecule has 1 heterocycles. The quantitative estimate of drug-likeness (QED) is 0.878. The fraction of sp³-hybridized carbons (Fsp3) is 0.647. The third-order valence-electron chi connectivity index (χ3n) is 4.21. The smallest absolute Gasteiger partial charge is 0.0108 e. The molecule has 1 fully saturated rings. The first-order valence-corrected chi connectivity index (χ1v) is 7.87. The lowest BCUT2D eigenvalue weighted by Crippen LogP contribution is -2.35. The molecule has 0 aliphatic carbocycles. The molecule has 1 saturated heterocycles. The molecule has 112 valence electrons. The van der Waals surface area contributed by atoms with Crippen molar-refractivity contribution in [1.29, 1.82) is 0 Å². The maximum atomic E-state index is 3.48. The second-order valence-electron chi connectivity index (χ2n) is 5.97. The van der Waals surface area contributed by atoms with Crippen LogP contribution in [0.4, 0.5) is 0 Å². The first-order valence-electron chi connectivity index (χ1n) is 7.87. The van der Waals surface area contributed by atoms with Gasteiger partial charge in [-0.2, -0.15) is 0 Å². The van der Waals surface area contributed by atoms with E-state index in [-0.39, 0.29) is 0 Å². The molecular formula is C17H29N3. The summed E-state index contributed by atoms with van der Waals surface area (Å²) in [5, 5.41) is 6.96. The van der Waals surface area contributed by atoms with Gasteiger partial charge in [-0.1, -0.05) is 17.7 Å². The van der Waals surface area contributed by atoms with Crippen molar-refractivity contribution in [2.75, 3.05) is 45.8 Å². The Morgan fingerprint density at radius 2 is 1.45 bits per heavy atom. The predicted molar refractivity (Wildman–Crippen MR) is 86.5 cm³/mol. The Kier molecular flexibility index (Phi) is 6.02. The SMILES string of the molecule is Cc1cc(C)c(CCN2CCNCCNCC2)c(C)c1. The number of nitrogens with zero attached hydrogens (tertiary/aromatic N) is 1. The Morgan fingerprint density at radius 3 is 2.00 bits per heavy atom. The number of rotatable bonds is 3. The molecule has 0 saturated carbocycles. The molecule has 1 aromatic rings. The zero-order valence-electron chi connectivity index (χ0n) is 13.3. The molecular weight excluding hydrogens is 246 g/mol. The highest BCUT2D eigenvalue weighted by molar-refractivity contribution is 5.37. The van der Waals surface area contributed by atoms with E-state index < -0.39 is 0 Å². The van der Waals surface area contributed by atoms with E-state index in [4.69, 9.17) is 0 Å². The Morgan fingerprint density at radius 1 is 0.900 bits per heavy atom. The van der Waals surface area contributed by atoms with Crippen molar-refractivity contribution in [3.05, 3.63) is 34.4 Å². The topological polar surface area (TPSA) is 27.3 Å². The zero-order chi connectivity index (χ0) is 14.4. The standard InChI is InChI=1S/C17H29N3/c1-14-12-15(2)17(16(3)13-14)4-9-20-10-7-18-5-6-19-8-11-20/h12-13,18-19H,4-11H2,1-3H3. The van der Waals surface area contributed by atoms with Crippen LogP contribution in [0, 0.1) is 20.8 Å². The van der Waals surface area contributed by atoms with Crippen LogP contribution in [0.1, 0.15) is 22.3 Å². The van der Waals surface area contributed by atoms with Gasteiger partial charge >= 0.3 is 0 Å². The van der Waals surface area contributed by atoms with E-state index in [1.54, 1.807) is 0 Å². The van der Waals surface area contributed by atoms with Gasteiger partial charge in [0.2, 0.25) is 0 Å². The van der Waals surface area contributed by atoms with E-state index in [0.29, 0.717) is 0 Å². The molecule has 0 spiro atoms. The molecule has 2 N–H and O–H groups in total. The molecule has 1 aromatic carbocycles. The summed E-state index contributed by atoms with van der Waals surface area (Å²) in [5.74, 6) is 0. The number of nitrogens with one attached hydrogen (secondary N) is 2. The number of hydrogen-bond donors (Lipinski definition) is 2. The molecule has 0 aromatic heterocycles. The largest absolute Gasteiger partial charge is 0.314 e. The van der Waals surface area contributed by atoms with E-state index >= 15 is 0 Å². The van der Waals surface area contributed by atoms with Crippen LogP contribution in [-0.4, -0.2) is 50.7 Å². The van der Waals surface area contributed by atoms with Crippen LogP contribution in [-0.2, 0) is 6.42 Å². The summed E-state index contributed by atoms with van der Waals surface area (Å²) < 4.78 is 0. The van der Waals surface area contributed by atoms with Gasteiger partial charge in [0.15, 0.2) is 0 Å². The van der Waals surface area contributed by atoms with Crippen LogP contribution in [0.2, 0.25) is 0 Å². The highest BCUT2D eigenvalue weighted by Crippen LogP contribution is 2.17. The van der Waals surface area contributed by atoms with Crippen molar-refractivity contribution >= 4 is 0 Å². The minimum absolute atomic E-state index is 1.09. The third kappa shape index (κ3) is 4.58. The number of hydrogen-bond acceptors (Lipinski definition) is 3. The van der Waals surface area contributed by atoms with Crippen LogP contribution in [0.15, 0.2) is 12.1 Å². The molecule has 20 heavy (non-hydrogen) atoms. The van der Waals surface area contributed by atoms with Gasteiger partial charge < -0.3 is 15.5 Å². The molecule has 0 amide bonds. The summed E-state index contributed by atoms with van der Waals surface area (Å²) in [7, 11) is 0. The summed E-state index contributed by atoms with van der Waals surface area (Å²) >= 11 is 0. The van der Waals surface area contributed by atoms with E-state index in [2.05, 4.69) is 48.4 Å². The van der Waals surface area contributed by atoms with Crippen molar-refractivity contribution < 1.29 is 0 Å². The van der Waals surface area contributed by atoms with Crippen LogP contribution >= 0.6 is 0 Å². The van der Waals surface area contributed by atoms with Gasteiger partial charge in [0.25, 0.3) is 0 Å². The number of benzene rings is 1. The van der Waals surface area contributed by atoms with Gasteiger partial charge in [0, 0.05) is 45.8 Å².